The molecule has 200 valence electrons. The average molecular weight is 548 g/mol. The number of fused-ring (bicyclic) bond motifs is 1. The smallest absolute Gasteiger partial charge is 0.290 e. The second-order valence-electron chi connectivity index (χ2n) is 8.97. The van der Waals surface area contributed by atoms with Gasteiger partial charge in [0.15, 0.2) is 22.9 Å². The Hall–Kier alpha value is -4.43. The zero-order chi connectivity index (χ0) is 27.7. The molecule has 1 unspecified atom stereocenters. The number of carbonyl (C=O) groups is 2. The lowest BCUT2D eigenvalue weighted by atomic mass is 9.94. The van der Waals surface area contributed by atoms with E-state index >= 15 is 0 Å². The van der Waals surface area contributed by atoms with Crippen LogP contribution in [0.3, 0.4) is 0 Å². The predicted molar refractivity (Wildman–Crippen MR) is 146 cm³/mol. The number of aliphatic hydroxyl groups excluding tert-OH is 1. The molecule has 0 spiro atoms. The molecule has 5 rings (SSSR count). The number of ketones is 1. The normalized spacial score (nSPS) is 15.2. The highest BCUT2D eigenvalue weighted by molar-refractivity contribution is 6.31. The predicted octanol–water partition coefficient (Wildman–Crippen LogP) is 5.93. The van der Waals surface area contributed by atoms with E-state index in [-0.39, 0.29) is 17.9 Å². The zero-order valence-electron chi connectivity index (χ0n) is 21.6. The second kappa shape index (κ2) is 10.7. The molecule has 1 aromatic heterocycles. The van der Waals surface area contributed by atoms with Crippen LogP contribution < -0.4 is 14.2 Å². The van der Waals surface area contributed by atoms with E-state index in [9.17, 15) is 14.7 Å². The summed E-state index contributed by atoms with van der Waals surface area (Å²) in [6.07, 6.45) is 0.483. The number of rotatable bonds is 9. The van der Waals surface area contributed by atoms with E-state index in [2.05, 4.69) is 0 Å². The van der Waals surface area contributed by atoms with Crippen LogP contribution >= 0.6 is 11.6 Å². The SMILES string of the molecule is COc1ccc(CCN2C(=O)C(O)=C(C(=O)c3cc4cc(Cl)cc(OC)c4o3)C2c2ccccc2OC)cc1. The van der Waals surface area contributed by atoms with Crippen LogP contribution in [0.15, 0.2) is 82.5 Å². The Balaban J connectivity index is 1.56. The number of nitrogens with zero attached hydrogens (tertiary/aromatic N) is 1. The van der Waals surface area contributed by atoms with Crippen molar-refractivity contribution in [1.82, 2.24) is 4.90 Å². The summed E-state index contributed by atoms with van der Waals surface area (Å²) in [6, 6.07) is 18.4. The lowest BCUT2D eigenvalue weighted by Gasteiger charge is -2.28. The van der Waals surface area contributed by atoms with Gasteiger partial charge in [0.2, 0.25) is 5.78 Å². The van der Waals surface area contributed by atoms with Gasteiger partial charge in [-0.2, -0.15) is 0 Å². The molecule has 0 saturated carbocycles. The summed E-state index contributed by atoms with van der Waals surface area (Å²) in [6.45, 7) is 0.234. The Bertz CT molecular complexity index is 1590. The van der Waals surface area contributed by atoms with E-state index in [1.165, 1.54) is 25.2 Å². The van der Waals surface area contributed by atoms with Gasteiger partial charge >= 0.3 is 0 Å². The standard InChI is InChI=1S/C30H26ClNO7/c1-36-20-10-8-17(9-11-20)12-13-32-26(21-6-4-5-7-22(21)37-2)25(28(34)30(32)35)27(33)23-15-18-14-19(31)16-24(38-3)29(18)39-23/h4-11,14-16,26,34H,12-13H2,1-3H3. The molecule has 0 aliphatic carbocycles. The third-order valence-corrected chi connectivity index (χ3v) is 6.99. The fourth-order valence-electron chi connectivity index (χ4n) is 4.86. The van der Waals surface area contributed by atoms with Gasteiger partial charge in [0, 0.05) is 28.6 Å². The summed E-state index contributed by atoms with van der Waals surface area (Å²) in [5.74, 6) is -0.410. The van der Waals surface area contributed by atoms with Crippen LogP contribution in [0.2, 0.25) is 5.02 Å². The Morgan fingerprint density at radius 2 is 1.69 bits per heavy atom. The lowest BCUT2D eigenvalue weighted by Crippen LogP contribution is -2.33. The number of para-hydroxylation sites is 1. The van der Waals surface area contributed by atoms with Gasteiger partial charge < -0.3 is 28.6 Å². The highest BCUT2D eigenvalue weighted by atomic mass is 35.5. The molecule has 1 aliphatic rings. The van der Waals surface area contributed by atoms with E-state index in [4.69, 9.17) is 30.2 Å². The van der Waals surface area contributed by atoms with E-state index in [0.717, 1.165) is 11.3 Å². The molecule has 3 aromatic carbocycles. The summed E-state index contributed by atoms with van der Waals surface area (Å²) < 4.78 is 22.0. The molecule has 1 amide bonds. The van der Waals surface area contributed by atoms with Gasteiger partial charge in [0.25, 0.3) is 5.91 Å². The maximum atomic E-state index is 13.9. The minimum absolute atomic E-state index is 0.0585. The fraction of sp³-hybridized carbons (Fsp3) is 0.200. The average Bonchev–Trinajstić information content (AvgIpc) is 3.49. The summed E-state index contributed by atoms with van der Waals surface area (Å²) in [5.41, 5.74) is 1.76. The van der Waals surface area contributed by atoms with Crippen LogP contribution in [0.4, 0.5) is 0 Å². The van der Waals surface area contributed by atoms with Gasteiger partial charge in [-0.15, -0.1) is 0 Å². The maximum Gasteiger partial charge on any atom is 0.290 e. The van der Waals surface area contributed by atoms with E-state index in [1.807, 2.05) is 24.3 Å². The van der Waals surface area contributed by atoms with Crippen molar-refractivity contribution in [1.29, 1.82) is 0 Å². The van der Waals surface area contributed by atoms with E-state index in [0.29, 0.717) is 39.5 Å². The number of halogens is 1. The molecule has 1 aliphatic heterocycles. The quantitative estimate of drug-likeness (QED) is 0.259. The molecule has 39 heavy (non-hydrogen) atoms. The van der Waals surface area contributed by atoms with Crippen LogP contribution in [0.1, 0.15) is 27.7 Å². The van der Waals surface area contributed by atoms with Gasteiger partial charge in [-0.3, -0.25) is 9.59 Å². The van der Waals surface area contributed by atoms with Crippen molar-refractivity contribution >= 4 is 34.3 Å². The first-order valence-electron chi connectivity index (χ1n) is 12.2. The summed E-state index contributed by atoms with van der Waals surface area (Å²) >= 11 is 6.19. The topological polar surface area (TPSA) is 98.4 Å². The Kier molecular flexibility index (Phi) is 7.21. The molecule has 0 fully saturated rings. The monoisotopic (exact) mass is 547 g/mol. The first-order chi connectivity index (χ1) is 18.9. The second-order valence-corrected chi connectivity index (χ2v) is 9.41. The molecule has 1 atom stereocenters. The van der Waals surface area contributed by atoms with Gasteiger partial charge in [0.1, 0.15) is 11.5 Å². The van der Waals surface area contributed by atoms with Crippen molar-refractivity contribution in [3.05, 3.63) is 100.0 Å². The van der Waals surface area contributed by atoms with Crippen molar-refractivity contribution < 1.29 is 33.3 Å². The minimum Gasteiger partial charge on any atom is -0.503 e. The number of benzene rings is 3. The maximum absolute atomic E-state index is 13.9. The number of hydrogen-bond donors (Lipinski definition) is 1. The molecular formula is C30H26ClNO7. The fourth-order valence-corrected chi connectivity index (χ4v) is 5.07. The van der Waals surface area contributed by atoms with Crippen molar-refractivity contribution in [3.63, 3.8) is 0 Å². The third kappa shape index (κ3) is 4.79. The number of ether oxygens (including phenoxy) is 3. The highest BCUT2D eigenvalue weighted by Gasteiger charge is 2.45. The molecule has 0 bridgehead atoms. The molecule has 9 heteroatoms. The number of aliphatic hydroxyl groups is 1. The van der Waals surface area contributed by atoms with Crippen LogP contribution in [0.25, 0.3) is 11.0 Å². The van der Waals surface area contributed by atoms with Gasteiger partial charge in [0.05, 0.1) is 32.9 Å². The largest absolute Gasteiger partial charge is 0.503 e. The van der Waals surface area contributed by atoms with Crippen molar-refractivity contribution in [2.45, 2.75) is 12.5 Å². The molecule has 8 nitrogen and oxygen atoms in total. The summed E-state index contributed by atoms with van der Waals surface area (Å²) in [7, 11) is 4.57. The molecule has 0 radical (unpaired) electrons. The van der Waals surface area contributed by atoms with Crippen molar-refractivity contribution in [2.24, 2.45) is 0 Å². The minimum atomic E-state index is -0.905. The van der Waals surface area contributed by atoms with Gasteiger partial charge in [-0.05, 0) is 42.3 Å². The number of hydrogen-bond acceptors (Lipinski definition) is 7. The van der Waals surface area contributed by atoms with Crippen molar-refractivity contribution in [2.75, 3.05) is 27.9 Å². The van der Waals surface area contributed by atoms with Crippen LogP contribution in [0, 0.1) is 0 Å². The van der Waals surface area contributed by atoms with Crippen LogP contribution in [-0.2, 0) is 11.2 Å². The Labute approximate surface area is 229 Å². The first kappa shape index (κ1) is 26.2. The molecule has 1 N–H and O–H groups in total. The number of amides is 1. The summed E-state index contributed by atoms with van der Waals surface area (Å²) in [4.78, 5) is 28.8. The number of methoxy groups -OCH3 is 3. The molecule has 0 saturated heterocycles. The lowest BCUT2D eigenvalue weighted by molar-refractivity contribution is -0.129. The number of carbonyl (C=O) groups excluding carboxylic acids is 2. The molecule has 4 aromatic rings. The van der Waals surface area contributed by atoms with E-state index in [1.54, 1.807) is 43.5 Å². The summed E-state index contributed by atoms with van der Waals surface area (Å²) in [5, 5.41) is 12.0. The zero-order valence-corrected chi connectivity index (χ0v) is 22.3. The first-order valence-corrected chi connectivity index (χ1v) is 12.6. The van der Waals surface area contributed by atoms with Crippen LogP contribution in [0.5, 0.6) is 17.2 Å². The van der Waals surface area contributed by atoms with Gasteiger partial charge in [-0.1, -0.05) is 41.9 Å². The number of Topliss-reactive ketones (excluding diaryl/α,β-unsaturated/α-hetero) is 1. The van der Waals surface area contributed by atoms with Gasteiger partial charge in [-0.25, -0.2) is 0 Å². The Morgan fingerprint density at radius 1 is 0.974 bits per heavy atom. The molecule has 2 heterocycles. The van der Waals surface area contributed by atoms with Crippen LogP contribution in [-0.4, -0.2) is 49.6 Å². The Morgan fingerprint density at radius 3 is 2.38 bits per heavy atom. The number of furan rings is 1. The van der Waals surface area contributed by atoms with E-state index < -0.39 is 23.5 Å². The molecular weight excluding hydrogens is 522 g/mol. The third-order valence-electron chi connectivity index (χ3n) is 6.77. The van der Waals surface area contributed by atoms with Crippen molar-refractivity contribution in [3.8, 4) is 17.2 Å². The highest BCUT2D eigenvalue weighted by Crippen LogP contribution is 2.43.